The molecule has 3 saturated heterocycles. The number of Topliss-reactive ketones (excluding diaryl/α,β-unsaturated/α-hetero) is 1. The van der Waals surface area contributed by atoms with Crippen LogP contribution in [0.5, 0.6) is 0 Å². The van der Waals surface area contributed by atoms with Gasteiger partial charge in [0.2, 0.25) is 11.8 Å². The summed E-state index contributed by atoms with van der Waals surface area (Å²) >= 11 is 0. The molecule has 7 nitrogen and oxygen atoms in total. The maximum atomic E-state index is 13.4. The Morgan fingerprint density at radius 1 is 1.19 bits per heavy atom. The van der Waals surface area contributed by atoms with Crippen molar-refractivity contribution in [3.05, 3.63) is 0 Å². The van der Waals surface area contributed by atoms with Gasteiger partial charge in [-0.15, -0.1) is 0 Å². The van der Waals surface area contributed by atoms with Crippen LogP contribution in [0.25, 0.3) is 0 Å². The smallest absolute Gasteiger partial charge is 0.307 e. The van der Waals surface area contributed by atoms with Crippen molar-refractivity contribution in [1.29, 1.82) is 0 Å². The predicted molar refractivity (Wildman–Crippen MR) is 90.9 cm³/mol. The quantitative estimate of drug-likeness (QED) is 0.698. The summed E-state index contributed by atoms with van der Waals surface area (Å²) in [4.78, 5) is 54.2. The molecule has 7 heteroatoms. The van der Waals surface area contributed by atoms with Gasteiger partial charge in [-0.25, -0.2) is 0 Å². The van der Waals surface area contributed by atoms with E-state index in [4.69, 9.17) is 4.74 Å². The number of carbonyl (C=O) groups excluding carboxylic acids is 4. The molecule has 0 aromatic heterocycles. The number of esters is 1. The molecule has 4 fully saturated rings. The van der Waals surface area contributed by atoms with Crippen LogP contribution in [-0.4, -0.2) is 63.1 Å². The number of hydrogen-bond acceptors (Lipinski definition) is 5. The fourth-order valence-corrected chi connectivity index (χ4v) is 5.71. The van der Waals surface area contributed by atoms with E-state index >= 15 is 0 Å². The Kier molecular flexibility index (Phi) is 3.90. The van der Waals surface area contributed by atoms with Gasteiger partial charge in [-0.1, -0.05) is 12.8 Å². The van der Waals surface area contributed by atoms with Crippen LogP contribution in [0.1, 0.15) is 59.3 Å². The van der Waals surface area contributed by atoms with Crippen molar-refractivity contribution < 1.29 is 23.9 Å². The van der Waals surface area contributed by atoms with Crippen LogP contribution in [0.15, 0.2) is 0 Å². The van der Waals surface area contributed by atoms with Gasteiger partial charge in [0.05, 0.1) is 18.4 Å². The van der Waals surface area contributed by atoms with Crippen molar-refractivity contribution in [3.63, 3.8) is 0 Å². The van der Waals surface area contributed by atoms with Gasteiger partial charge in [0.25, 0.3) is 0 Å². The van der Waals surface area contributed by atoms with Crippen molar-refractivity contribution in [2.24, 2.45) is 5.92 Å². The number of amides is 2. The van der Waals surface area contributed by atoms with E-state index in [0.29, 0.717) is 0 Å². The molecular weight excluding hydrogens is 336 g/mol. The third-order valence-corrected chi connectivity index (χ3v) is 6.56. The second-order valence-electron chi connectivity index (χ2n) is 8.43. The van der Waals surface area contributed by atoms with Crippen LogP contribution in [0.3, 0.4) is 0 Å². The minimum atomic E-state index is -1.20. The summed E-state index contributed by atoms with van der Waals surface area (Å²) in [6.45, 7) is 5.27. The molecule has 142 valence electrons. The maximum absolute atomic E-state index is 13.4. The minimum absolute atomic E-state index is 0.00612. The minimum Gasteiger partial charge on any atom is -0.453 e. The van der Waals surface area contributed by atoms with E-state index in [2.05, 4.69) is 0 Å². The summed E-state index contributed by atoms with van der Waals surface area (Å²) < 4.78 is 5.81. The zero-order chi connectivity index (χ0) is 18.8. The number of ketones is 1. The second kappa shape index (κ2) is 5.79. The van der Waals surface area contributed by atoms with E-state index in [-0.39, 0.29) is 42.5 Å². The molecule has 26 heavy (non-hydrogen) atoms. The summed E-state index contributed by atoms with van der Waals surface area (Å²) in [7, 11) is 0. The monoisotopic (exact) mass is 362 g/mol. The first-order valence-corrected chi connectivity index (χ1v) is 9.64. The molecule has 4 aliphatic rings. The van der Waals surface area contributed by atoms with Crippen LogP contribution in [-0.2, 0) is 23.9 Å². The molecule has 0 N–H and O–H groups in total. The van der Waals surface area contributed by atoms with E-state index in [1.54, 1.807) is 9.80 Å². The lowest BCUT2D eigenvalue weighted by atomic mass is 9.79. The molecule has 3 heterocycles. The van der Waals surface area contributed by atoms with Crippen LogP contribution in [0.4, 0.5) is 0 Å². The molecule has 0 aromatic carbocycles. The van der Waals surface area contributed by atoms with Gasteiger partial charge in [-0.2, -0.15) is 0 Å². The Labute approximate surface area is 153 Å². The topological polar surface area (TPSA) is 84.0 Å². The van der Waals surface area contributed by atoms with Gasteiger partial charge < -0.3 is 14.5 Å². The van der Waals surface area contributed by atoms with Gasteiger partial charge in [0.1, 0.15) is 5.78 Å². The Morgan fingerprint density at radius 2 is 1.85 bits per heavy atom. The first-order chi connectivity index (χ1) is 12.3. The molecule has 3 aliphatic heterocycles. The number of nitrogens with zero attached hydrogens (tertiary/aromatic N) is 2. The summed E-state index contributed by atoms with van der Waals surface area (Å²) in [5, 5.41) is 0. The highest BCUT2D eigenvalue weighted by atomic mass is 16.6. The molecule has 4 rings (SSSR count). The van der Waals surface area contributed by atoms with Gasteiger partial charge >= 0.3 is 5.97 Å². The molecule has 0 aromatic rings. The largest absolute Gasteiger partial charge is 0.453 e. The van der Waals surface area contributed by atoms with Crippen molar-refractivity contribution in [2.75, 3.05) is 0 Å². The van der Waals surface area contributed by atoms with Crippen LogP contribution >= 0.6 is 0 Å². The Morgan fingerprint density at radius 3 is 2.42 bits per heavy atom. The van der Waals surface area contributed by atoms with Crippen LogP contribution in [0.2, 0.25) is 0 Å². The number of ether oxygens (including phenoxy) is 1. The molecule has 4 atom stereocenters. The zero-order valence-corrected chi connectivity index (χ0v) is 15.6. The third-order valence-electron chi connectivity index (χ3n) is 6.56. The Balaban J connectivity index is 1.84. The average Bonchev–Trinajstić information content (AvgIpc) is 3.25. The predicted octanol–water partition coefficient (Wildman–Crippen LogP) is 1.04. The van der Waals surface area contributed by atoms with E-state index in [1.165, 1.54) is 6.92 Å². The SMILES string of the molecule is CC(=O)CC1N(C(C)C)C(=O)C2N(C3CCCC3)C(=O)C3CC(=O)OC312. The first-order valence-electron chi connectivity index (χ1n) is 9.64. The lowest BCUT2D eigenvalue weighted by Gasteiger charge is -2.36. The summed E-state index contributed by atoms with van der Waals surface area (Å²) in [6, 6.07) is -1.44. The fraction of sp³-hybridized carbons (Fsp3) is 0.789. The zero-order valence-electron chi connectivity index (χ0n) is 15.6. The van der Waals surface area contributed by atoms with Crippen molar-refractivity contribution >= 4 is 23.6 Å². The molecule has 4 unspecified atom stereocenters. The summed E-state index contributed by atoms with van der Waals surface area (Å²) in [5.41, 5.74) is -1.20. The summed E-state index contributed by atoms with van der Waals surface area (Å²) in [6.07, 6.45) is 3.95. The number of hydrogen-bond donors (Lipinski definition) is 0. The van der Waals surface area contributed by atoms with Gasteiger partial charge in [-0.3, -0.25) is 19.2 Å². The van der Waals surface area contributed by atoms with E-state index in [0.717, 1.165) is 25.7 Å². The molecule has 0 radical (unpaired) electrons. The van der Waals surface area contributed by atoms with E-state index < -0.39 is 29.6 Å². The molecule has 1 spiro atoms. The lowest BCUT2D eigenvalue weighted by Crippen LogP contribution is -2.54. The molecule has 2 amide bonds. The van der Waals surface area contributed by atoms with Gasteiger partial charge in [-0.05, 0) is 33.6 Å². The molecular formula is C19H26N2O5. The van der Waals surface area contributed by atoms with E-state index in [1.807, 2.05) is 13.8 Å². The highest BCUT2D eigenvalue weighted by Gasteiger charge is 2.77. The third kappa shape index (κ3) is 2.12. The van der Waals surface area contributed by atoms with Crippen LogP contribution < -0.4 is 0 Å². The number of likely N-dealkylation sites (tertiary alicyclic amines) is 2. The van der Waals surface area contributed by atoms with Gasteiger partial charge in [0, 0.05) is 18.5 Å². The second-order valence-corrected chi connectivity index (χ2v) is 8.43. The first kappa shape index (κ1) is 17.5. The molecule has 0 bridgehead atoms. The molecule has 1 aliphatic carbocycles. The van der Waals surface area contributed by atoms with Gasteiger partial charge in [0.15, 0.2) is 11.6 Å². The average molecular weight is 362 g/mol. The maximum Gasteiger partial charge on any atom is 0.307 e. The number of rotatable bonds is 4. The molecule has 1 saturated carbocycles. The Hall–Kier alpha value is -1.92. The highest BCUT2D eigenvalue weighted by Crippen LogP contribution is 2.55. The van der Waals surface area contributed by atoms with Crippen molar-refractivity contribution in [2.45, 2.75) is 89.1 Å². The number of carbonyl (C=O) groups is 4. The fourth-order valence-electron chi connectivity index (χ4n) is 5.71. The normalized spacial score (nSPS) is 36.9. The Bertz CT molecular complexity index is 683. The van der Waals surface area contributed by atoms with E-state index in [9.17, 15) is 19.2 Å². The summed E-state index contributed by atoms with van der Waals surface area (Å²) in [5.74, 6) is -1.48. The lowest BCUT2D eigenvalue weighted by molar-refractivity contribution is -0.155. The van der Waals surface area contributed by atoms with Crippen LogP contribution in [0, 0.1) is 5.92 Å². The highest BCUT2D eigenvalue weighted by molar-refractivity contribution is 6.02. The van der Waals surface area contributed by atoms with Crippen molar-refractivity contribution in [3.8, 4) is 0 Å². The van der Waals surface area contributed by atoms with Crippen molar-refractivity contribution in [1.82, 2.24) is 9.80 Å². The standard InChI is InChI=1S/C19H26N2O5/c1-10(2)20-14(8-11(3)22)19-13(9-15(23)26-19)17(24)21(16(19)18(20)25)12-6-4-5-7-12/h10,12-14,16H,4-9H2,1-3H3.